The van der Waals surface area contributed by atoms with E-state index < -0.39 is 17.1 Å². The summed E-state index contributed by atoms with van der Waals surface area (Å²) in [5, 5.41) is 19.4. The Hall–Kier alpha value is -2.35. The number of aromatic nitrogens is 2. The lowest BCUT2D eigenvalue weighted by molar-refractivity contribution is 0.308. The van der Waals surface area contributed by atoms with E-state index in [4.69, 9.17) is 9.92 Å². The van der Waals surface area contributed by atoms with Gasteiger partial charge in [0.05, 0.1) is 24.4 Å². The van der Waals surface area contributed by atoms with Crippen molar-refractivity contribution in [2.24, 2.45) is 5.92 Å². The highest BCUT2D eigenvalue weighted by molar-refractivity contribution is 7.89. The molecule has 3 N–H and O–H groups in total. The van der Waals surface area contributed by atoms with Crippen LogP contribution in [0.5, 0.6) is 5.75 Å². The van der Waals surface area contributed by atoms with Crippen LogP contribution in [0.4, 0.5) is 0 Å². The lowest BCUT2D eigenvalue weighted by atomic mass is 9.68. The van der Waals surface area contributed by atoms with E-state index in [1.54, 1.807) is 18.4 Å². The lowest BCUT2D eigenvalue weighted by Gasteiger charge is -2.39. The Balaban J connectivity index is 1.54. The fraction of sp³-hybridized carbons (Fsp3) is 0.375. The number of nitrogens with one attached hydrogen (secondary N) is 2. The molecule has 3 heterocycles. The summed E-state index contributed by atoms with van der Waals surface area (Å²) in [4.78, 5) is 7.34. The standard InChI is InChI=1S/C16H17BN4O4S/c18-3-1-5-26(23,24)21-11-6-10(7-11)13-8-17(22)25-14-9-20-16-12(15(13)14)2-4-19-16/h2,4,8-11,21-22H,1,5-7H2,(H,19,20). The van der Waals surface area contributed by atoms with Crippen LogP contribution in [0.25, 0.3) is 16.6 Å². The Bertz CT molecular complexity index is 1020. The first-order valence-electron chi connectivity index (χ1n) is 8.36. The number of pyridine rings is 1. The quantitative estimate of drug-likeness (QED) is 0.671. The highest BCUT2D eigenvalue weighted by Gasteiger charge is 2.38. The summed E-state index contributed by atoms with van der Waals surface area (Å²) in [6, 6.07) is 3.60. The topological polar surface area (TPSA) is 128 Å². The minimum atomic E-state index is -3.44. The van der Waals surface area contributed by atoms with E-state index in [2.05, 4.69) is 14.7 Å². The van der Waals surface area contributed by atoms with Gasteiger partial charge in [-0.2, -0.15) is 5.26 Å². The zero-order valence-electron chi connectivity index (χ0n) is 13.8. The number of H-pyrrole nitrogens is 1. The number of rotatable bonds is 5. The first-order chi connectivity index (χ1) is 12.5. The third-order valence-electron chi connectivity index (χ3n) is 4.82. The average molecular weight is 372 g/mol. The molecule has 0 radical (unpaired) electrons. The number of nitriles is 1. The number of aromatic amines is 1. The average Bonchev–Trinajstić information content (AvgIpc) is 3.03. The number of allylic oxidation sites excluding steroid dienone is 1. The predicted octanol–water partition coefficient (Wildman–Crippen LogP) is 0.970. The molecule has 2 aromatic heterocycles. The Morgan fingerprint density at radius 3 is 3.08 bits per heavy atom. The van der Waals surface area contributed by atoms with Crippen LogP contribution in [-0.4, -0.2) is 42.3 Å². The smallest absolute Gasteiger partial charge is 0.531 e. The van der Waals surface area contributed by atoms with Crippen molar-refractivity contribution in [2.75, 3.05) is 5.75 Å². The summed E-state index contributed by atoms with van der Waals surface area (Å²) in [7, 11) is -4.48. The van der Waals surface area contributed by atoms with Gasteiger partial charge in [0, 0.05) is 23.2 Å². The molecule has 2 aliphatic rings. The third-order valence-corrected chi connectivity index (χ3v) is 6.25. The zero-order chi connectivity index (χ0) is 18.3. The van der Waals surface area contributed by atoms with Crippen LogP contribution in [0.2, 0.25) is 0 Å². The minimum Gasteiger partial charge on any atom is -0.531 e. The van der Waals surface area contributed by atoms with Gasteiger partial charge < -0.3 is 14.7 Å². The van der Waals surface area contributed by atoms with Gasteiger partial charge in [0.15, 0.2) is 0 Å². The monoisotopic (exact) mass is 372 g/mol. The Morgan fingerprint density at radius 1 is 1.50 bits per heavy atom. The second-order valence-corrected chi connectivity index (χ2v) is 8.45. The normalized spacial score (nSPS) is 22.2. The number of nitrogens with zero attached hydrogens (tertiary/aromatic N) is 2. The molecule has 2 aromatic rings. The second-order valence-electron chi connectivity index (χ2n) is 6.58. The van der Waals surface area contributed by atoms with Gasteiger partial charge in [-0.15, -0.1) is 0 Å². The summed E-state index contributed by atoms with van der Waals surface area (Å²) >= 11 is 0. The second kappa shape index (κ2) is 6.43. The fourth-order valence-electron chi connectivity index (χ4n) is 3.58. The fourth-order valence-corrected chi connectivity index (χ4v) is 4.76. The molecule has 1 aliphatic carbocycles. The predicted molar refractivity (Wildman–Crippen MR) is 96.3 cm³/mol. The zero-order valence-corrected chi connectivity index (χ0v) is 14.7. The first kappa shape index (κ1) is 17.1. The maximum atomic E-state index is 11.9. The van der Waals surface area contributed by atoms with Crippen LogP contribution in [0.15, 0.2) is 24.4 Å². The number of hydrogen-bond acceptors (Lipinski definition) is 6. The van der Waals surface area contributed by atoms with Crippen LogP contribution in [0, 0.1) is 17.2 Å². The molecule has 0 amide bonds. The molecular weight excluding hydrogens is 355 g/mol. The molecule has 0 atom stereocenters. The molecule has 0 saturated heterocycles. The number of fused-ring (bicyclic) bond motifs is 3. The number of hydrogen-bond donors (Lipinski definition) is 3. The summed E-state index contributed by atoms with van der Waals surface area (Å²) in [6.07, 6.45) is 4.64. The molecule has 8 nitrogen and oxygen atoms in total. The largest absolute Gasteiger partial charge is 0.552 e. The van der Waals surface area contributed by atoms with Gasteiger partial charge in [-0.05, 0) is 36.4 Å². The van der Waals surface area contributed by atoms with E-state index in [1.165, 1.54) is 0 Å². The van der Waals surface area contributed by atoms with E-state index >= 15 is 0 Å². The lowest BCUT2D eigenvalue weighted by Crippen LogP contribution is -2.45. The molecule has 4 rings (SSSR count). The van der Waals surface area contributed by atoms with Crippen LogP contribution in [0.1, 0.15) is 24.8 Å². The van der Waals surface area contributed by atoms with E-state index in [0.29, 0.717) is 18.6 Å². The van der Waals surface area contributed by atoms with E-state index in [0.717, 1.165) is 22.2 Å². The van der Waals surface area contributed by atoms with E-state index in [1.807, 2.05) is 12.1 Å². The molecule has 134 valence electrons. The van der Waals surface area contributed by atoms with Crippen molar-refractivity contribution < 1.29 is 18.1 Å². The van der Waals surface area contributed by atoms with Crippen molar-refractivity contribution in [3.05, 3.63) is 30.0 Å². The third kappa shape index (κ3) is 3.09. The van der Waals surface area contributed by atoms with Gasteiger partial charge in [-0.25, -0.2) is 18.1 Å². The van der Waals surface area contributed by atoms with Gasteiger partial charge >= 0.3 is 7.12 Å². The van der Waals surface area contributed by atoms with Gasteiger partial charge in [0.1, 0.15) is 11.4 Å². The van der Waals surface area contributed by atoms with Crippen LogP contribution in [0.3, 0.4) is 0 Å². The molecule has 1 aliphatic heterocycles. The van der Waals surface area contributed by atoms with Crippen LogP contribution < -0.4 is 9.38 Å². The van der Waals surface area contributed by atoms with Gasteiger partial charge in [0.25, 0.3) is 0 Å². The van der Waals surface area contributed by atoms with Crippen molar-refractivity contribution in [1.82, 2.24) is 14.7 Å². The molecule has 10 heteroatoms. The first-order valence-corrected chi connectivity index (χ1v) is 10.0. The van der Waals surface area contributed by atoms with Crippen molar-refractivity contribution in [2.45, 2.75) is 25.3 Å². The molecule has 1 saturated carbocycles. The molecule has 1 fully saturated rings. The van der Waals surface area contributed by atoms with Gasteiger partial charge in [-0.3, -0.25) is 0 Å². The van der Waals surface area contributed by atoms with Crippen molar-refractivity contribution in [3.8, 4) is 11.8 Å². The van der Waals surface area contributed by atoms with E-state index in [-0.39, 0.29) is 24.1 Å². The maximum absolute atomic E-state index is 11.9. The van der Waals surface area contributed by atoms with Crippen molar-refractivity contribution >= 4 is 33.7 Å². The molecular formula is C16H17BN4O4S. The Kier molecular flexibility index (Phi) is 4.22. The Morgan fingerprint density at radius 2 is 2.31 bits per heavy atom. The van der Waals surface area contributed by atoms with Crippen LogP contribution in [-0.2, 0) is 10.0 Å². The molecule has 0 spiro atoms. The van der Waals surface area contributed by atoms with Crippen LogP contribution >= 0.6 is 0 Å². The highest BCUT2D eigenvalue weighted by atomic mass is 32.2. The molecule has 0 bridgehead atoms. The summed E-state index contributed by atoms with van der Waals surface area (Å²) in [5.41, 5.74) is 2.60. The van der Waals surface area contributed by atoms with Gasteiger partial charge in [0.2, 0.25) is 10.0 Å². The maximum Gasteiger partial charge on any atom is 0.552 e. The van der Waals surface area contributed by atoms with E-state index in [9.17, 15) is 13.4 Å². The minimum absolute atomic E-state index is 0.0218. The number of sulfonamides is 1. The van der Waals surface area contributed by atoms with Crippen molar-refractivity contribution in [3.63, 3.8) is 0 Å². The molecule has 0 aromatic carbocycles. The summed E-state index contributed by atoms with van der Waals surface area (Å²) in [6.45, 7) is 0. The molecule has 26 heavy (non-hydrogen) atoms. The summed E-state index contributed by atoms with van der Waals surface area (Å²) in [5.74, 6) is 2.15. The Labute approximate surface area is 151 Å². The van der Waals surface area contributed by atoms with Gasteiger partial charge in [-0.1, -0.05) is 0 Å². The molecule has 0 unspecified atom stereocenters. The summed E-state index contributed by atoms with van der Waals surface area (Å²) < 4.78 is 31.9. The SMILES string of the molecule is N#CCCS(=O)(=O)NC1CC(C2=CB(O)Oc3cnc4[nH]ccc4c32)C1. The highest BCUT2D eigenvalue weighted by Crippen LogP contribution is 2.46. The van der Waals surface area contributed by atoms with Crippen molar-refractivity contribution in [1.29, 1.82) is 5.26 Å².